The molecule has 0 aliphatic heterocycles. The molecule has 0 N–H and O–H groups in total. The minimum absolute atomic E-state index is 0.123. The first-order valence-corrected chi connectivity index (χ1v) is 7.09. The Kier molecular flexibility index (Phi) is 4.04. The summed E-state index contributed by atoms with van der Waals surface area (Å²) in [6, 6.07) is 7.01. The molecule has 0 spiro atoms. The molecule has 1 aliphatic carbocycles. The second-order valence-corrected chi connectivity index (χ2v) is 5.28. The number of amides is 1. The standard InChI is InChI=1S/C17H15F2NO2/c18-13-4-3-12(16(19)10-13)11-20(14-5-6-14)17(21)8-7-15-2-1-9-22-15/h1-4,7-10,14H,5-6,11H2/b8-7+. The van der Waals surface area contributed by atoms with Crippen LogP contribution in [0.5, 0.6) is 0 Å². The molecule has 1 aromatic carbocycles. The van der Waals surface area contributed by atoms with E-state index in [4.69, 9.17) is 4.42 Å². The van der Waals surface area contributed by atoms with E-state index in [1.165, 1.54) is 24.5 Å². The Bertz CT molecular complexity index is 691. The summed E-state index contributed by atoms with van der Waals surface area (Å²) in [5.41, 5.74) is 0.313. The van der Waals surface area contributed by atoms with Crippen LogP contribution in [-0.2, 0) is 11.3 Å². The van der Waals surface area contributed by atoms with Gasteiger partial charge in [0.2, 0.25) is 5.91 Å². The molecule has 1 fully saturated rings. The fraction of sp³-hybridized carbons (Fsp3) is 0.235. The van der Waals surface area contributed by atoms with E-state index in [9.17, 15) is 13.6 Å². The molecule has 1 aromatic heterocycles. The summed E-state index contributed by atoms with van der Waals surface area (Å²) in [5.74, 6) is -0.878. The highest BCUT2D eigenvalue weighted by Gasteiger charge is 2.32. The van der Waals surface area contributed by atoms with Gasteiger partial charge in [0.25, 0.3) is 0 Å². The molecule has 0 atom stereocenters. The fourth-order valence-electron chi connectivity index (χ4n) is 2.24. The van der Waals surface area contributed by atoms with E-state index in [1.54, 1.807) is 23.1 Å². The van der Waals surface area contributed by atoms with Crippen LogP contribution in [0, 0.1) is 11.6 Å². The molecule has 1 saturated carbocycles. The van der Waals surface area contributed by atoms with Crippen LogP contribution in [0.25, 0.3) is 6.08 Å². The highest BCUT2D eigenvalue weighted by atomic mass is 19.1. The van der Waals surface area contributed by atoms with Gasteiger partial charge in [-0.2, -0.15) is 0 Å². The molecule has 3 nitrogen and oxygen atoms in total. The summed E-state index contributed by atoms with van der Waals surface area (Å²) in [6.07, 6.45) is 6.33. The summed E-state index contributed by atoms with van der Waals surface area (Å²) >= 11 is 0. The van der Waals surface area contributed by atoms with E-state index in [0.717, 1.165) is 18.9 Å². The van der Waals surface area contributed by atoms with Crippen molar-refractivity contribution in [2.75, 3.05) is 0 Å². The molecule has 22 heavy (non-hydrogen) atoms. The van der Waals surface area contributed by atoms with Gasteiger partial charge in [0.15, 0.2) is 0 Å². The maximum absolute atomic E-state index is 13.8. The molecular weight excluding hydrogens is 288 g/mol. The molecule has 114 valence electrons. The first kappa shape index (κ1) is 14.5. The van der Waals surface area contributed by atoms with Gasteiger partial charge in [-0.05, 0) is 37.1 Å². The number of benzene rings is 1. The minimum Gasteiger partial charge on any atom is -0.465 e. The van der Waals surface area contributed by atoms with Crippen LogP contribution in [0.1, 0.15) is 24.2 Å². The summed E-state index contributed by atoms with van der Waals surface area (Å²) in [7, 11) is 0. The average molecular weight is 303 g/mol. The molecule has 1 amide bonds. The number of carbonyl (C=O) groups is 1. The molecule has 0 radical (unpaired) electrons. The van der Waals surface area contributed by atoms with Crippen LogP contribution in [0.15, 0.2) is 47.1 Å². The van der Waals surface area contributed by atoms with Crippen molar-refractivity contribution in [3.05, 3.63) is 65.6 Å². The van der Waals surface area contributed by atoms with Crippen molar-refractivity contribution < 1.29 is 18.0 Å². The Morgan fingerprint density at radius 3 is 2.77 bits per heavy atom. The van der Waals surface area contributed by atoms with Gasteiger partial charge in [0.1, 0.15) is 17.4 Å². The Hall–Kier alpha value is -2.43. The van der Waals surface area contributed by atoms with Gasteiger partial charge in [-0.15, -0.1) is 0 Å². The highest BCUT2D eigenvalue weighted by molar-refractivity contribution is 5.91. The van der Waals surface area contributed by atoms with Gasteiger partial charge < -0.3 is 9.32 Å². The van der Waals surface area contributed by atoms with Crippen LogP contribution in [-0.4, -0.2) is 16.8 Å². The Balaban J connectivity index is 1.73. The Morgan fingerprint density at radius 1 is 1.32 bits per heavy atom. The first-order chi connectivity index (χ1) is 10.6. The van der Waals surface area contributed by atoms with E-state index in [0.29, 0.717) is 11.3 Å². The van der Waals surface area contributed by atoms with Crippen LogP contribution >= 0.6 is 0 Å². The van der Waals surface area contributed by atoms with Crippen molar-refractivity contribution in [1.82, 2.24) is 4.90 Å². The van der Waals surface area contributed by atoms with E-state index in [-0.39, 0.29) is 18.5 Å². The number of hydrogen-bond donors (Lipinski definition) is 0. The second kappa shape index (κ2) is 6.13. The predicted octanol–water partition coefficient (Wildman–Crippen LogP) is 3.76. The van der Waals surface area contributed by atoms with Crippen molar-refractivity contribution in [3.63, 3.8) is 0 Å². The first-order valence-electron chi connectivity index (χ1n) is 7.09. The molecule has 3 rings (SSSR count). The molecule has 0 saturated heterocycles. The van der Waals surface area contributed by atoms with Gasteiger partial charge in [0, 0.05) is 30.3 Å². The van der Waals surface area contributed by atoms with Gasteiger partial charge in [-0.25, -0.2) is 8.78 Å². The molecular formula is C17H15F2NO2. The predicted molar refractivity (Wildman–Crippen MR) is 77.7 cm³/mol. The molecule has 5 heteroatoms. The third-order valence-electron chi connectivity index (χ3n) is 3.56. The third-order valence-corrected chi connectivity index (χ3v) is 3.56. The Labute approximate surface area is 126 Å². The number of rotatable bonds is 5. The molecule has 0 unspecified atom stereocenters. The summed E-state index contributed by atoms with van der Waals surface area (Å²) in [4.78, 5) is 13.9. The van der Waals surface area contributed by atoms with Gasteiger partial charge in [-0.3, -0.25) is 4.79 Å². The maximum Gasteiger partial charge on any atom is 0.247 e. The smallest absolute Gasteiger partial charge is 0.247 e. The van der Waals surface area contributed by atoms with Crippen molar-refractivity contribution >= 4 is 12.0 Å². The van der Waals surface area contributed by atoms with E-state index >= 15 is 0 Å². The van der Waals surface area contributed by atoms with Gasteiger partial charge in [0.05, 0.1) is 6.26 Å². The van der Waals surface area contributed by atoms with E-state index in [2.05, 4.69) is 0 Å². The average Bonchev–Trinajstić information content (AvgIpc) is 3.19. The Morgan fingerprint density at radius 2 is 2.14 bits per heavy atom. The lowest BCUT2D eigenvalue weighted by atomic mass is 10.2. The van der Waals surface area contributed by atoms with Crippen molar-refractivity contribution in [2.24, 2.45) is 0 Å². The number of carbonyl (C=O) groups excluding carboxylic acids is 1. The number of halogens is 2. The van der Waals surface area contributed by atoms with E-state index in [1.807, 2.05) is 0 Å². The van der Waals surface area contributed by atoms with Crippen molar-refractivity contribution in [3.8, 4) is 0 Å². The molecule has 1 aliphatic rings. The zero-order valence-corrected chi connectivity index (χ0v) is 11.8. The largest absolute Gasteiger partial charge is 0.465 e. The monoisotopic (exact) mass is 303 g/mol. The van der Waals surface area contributed by atoms with Crippen LogP contribution in [0.4, 0.5) is 8.78 Å². The summed E-state index contributed by atoms with van der Waals surface area (Å²) in [5, 5.41) is 0. The second-order valence-electron chi connectivity index (χ2n) is 5.28. The van der Waals surface area contributed by atoms with Crippen molar-refractivity contribution in [2.45, 2.75) is 25.4 Å². The van der Waals surface area contributed by atoms with Gasteiger partial charge in [-0.1, -0.05) is 6.07 Å². The lowest BCUT2D eigenvalue weighted by Gasteiger charge is -2.21. The molecule has 1 heterocycles. The SMILES string of the molecule is O=C(/C=C/c1ccco1)N(Cc1ccc(F)cc1F)C1CC1. The quantitative estimate of drug-likeness (QED) is 0.788. The highest BCUT2D eigenvalue weighted by Crippen LogP contribution is 2.29. The third kappa shape index (κ3) is 3.42. The van der Waals surface area contributed by atoms with Crippen LogP contribution < -0.4 is 0 Å². The maximum atomic E-state index is 13.8. The van der Waals surface area contributed by atoms with Crippen LogP contribution in [0.3, 0.4) is 0 Å². The lowest BCUT2D eigenvalue weighted by molar-refractivity contribution is -0.127. The van der Waals surface area contributed by atoms with E-state index < -0.39 is 11.6 Å². The van der Waals surface area contributed by atoms with Crippen molar-refractivity contribution in [1.29, 1.82) is 0 Å². The number of nitrogens with zero attached hydrogens (tertiary/aromatic N) is 1. The normalized spacial score (nSPS) is 14.5. The zero-order chi connectivity index (χ0) is 15.5. The summed E-state index contributed by atoms with van der Waals surface area (Å²) in [6.45, 7) is 0.137. The molecule has 2 aromatic rings. The van der Waals surface area contributed by atoms with Gasteiger partial charge >= 0.3 is 0 Å². The topological polar surface area (TPSA) is 33.5 Å². The number of hydrogen-bond acceptors (Lipinski definition) is 2. The zero-order valence-electron chi connectivity index (χ0n) is 11.8. The molecule has 0 bridgehead atoms. The fourth-order valence-corrected chi connectivity index (χ4v) is 2.24. The minimum atomic E-state index is -0.631. The lowest BCUT2D eigenvalue weighted by Crippen LogP contribution is -2.31. The van der Waals surface area contributed by atoms with Crippen LogP contribution in [0.2, 0.25) is 0 Å². The summed E-state index contributed by atoms with van der Waals surface area (Å²) < 4.78 is 31.8. The number of furan rings is 1.